The number of rotatable bonds is 8. The molecule has 0 fully saturated rings. The topological polar surface area (TPSA) is 98.6 Å². The van der Waals surface area contributed by atoms with E-state index in [-0.39, 0.29) is 24.2 Å². The summed E-state index contributed by atoms with van der Waals surface area (Å²) in [5.41, 5.74) is 7.96. The lowest BCUT2D eigenvalue weighted by atomic mass is 9.82. The normalized spacial score (nSPS) is 13.6. The first-order valence-electron chi connectivity index (χ1n) is 13.1. The molecule has 202 valence electrons. The molecule has 1 aromatic heterocycles. The second-order valence-electron chi connectivity index (χ2n) is 9.75. The Kier molecular flexibility index (Phi) is 7.49. The number of amides is 1. The number of benzene rings is 3. The number of hydrogen-bond donors (Lipinski definition) is 1. The highest BCUT2D eigenvalue weighted by Crippen LogP contribution is 2.38. The van der Waals surface area contributed by atoms with Gasteiger partial charge in [-0.1, -0.05) is 23.4 Å². The Hall–Kier alpha value is -4.40. The van der Waals surface area contributed by atoms with Crippen LogP contribution in [0.15, 0.2) is 54.6 Å². The maximum atomic E-state index is 12.8. The third-order valence-electron chi connectivity index (χ3n) is 7.22. The molecule has 0 aliphatic carbocycles. The number of aromatic nitrogens is 3. The van der Waals surface area contributed by atoms with Crippen LogP contribution in [0.3, 0.4) is 0 Å². The summed E-state index contributed by atoms with van der Waals surface area (Å²) in [6.45, 7) is 5.25. The van der Waals surface area contributed by atoms with Crippen LogP contribution < -0.4 is 15.0 Å². The van der Waals surface area contributed by atoms with Gasteiger partial charge in [0.1, 0.15) is 16.8 Å². The summed E-state index contributed by atoms with van der Waals surface area (Å²) in [4.78, 5) is 26.5. The monoisotopic (exact) mass is 527 g/mol. The van der Waals surface area contributed by atoms with Crippen molar-refractivity contribution in [3.05, 3.63) is 76.9 Å². The fourth-order valence-electron chi connectivity index (χ4n) is 5.47. The van der Waals surface area contributed by atoms with Crippen LogP contribution in [0.4, 0.5) is 11.4 Å². The van der Waals surface area contributed by atoms with E-state index in [1.807, 2.05) is 50.4 Å². The van der Waals surface area contributed by atoms with E-state index in [9.17, 15) is 9.59 Å². The van der Waals surface area contributed by atoms with Crippen molar-refractivity contribution in [2.24, 2.45) is 7.05 Å². The van der Waals surface area contributed by atoms with E-state index in [2.05, 4.69) is 38.7 Å². The Morgan fingerprint density at radius 1 is 1.13 bits per heavy atom. The fraction of sp³-hybridized carbons (Fsp3) is 0.333. The van der Waals surface area contributed by atoms with Gasteiger partial charge in [0.15, 0.2) is 0 Å². The van der Waals surface area contributed by atoms with E-state index < -0.39 is 0 Å². The number of methoxy groups -OCH3 is 1. The minimum absolute atomic E-state index is 0.0874. The first kappa shape index (κ1) is 26.2. The van der Waals surface area contributed by atoms with Crippen LogP contribution >= 0.6 is 0 Å². The zero-order valence-electron chi connectivity index (χ0n) is 22.7. The minimum Gasteiger partial charge on any atom is -0.494 e. The highest BCUT2D eigenvalue weighted by Gasteiger charge is 2.27. The number of anilines is 2. The number of esters is 1. The van der Waals surface area contributed by atoms with Crippen LogP contribution in [0.2, 0.25) is 0 Å². The van der Waals surface area contributed by atoms with Gasteiger partial charge in [0.2, 0.25) is 5.91 Å². The molecule has 5 rings (SSSR count). The van der Waals surface area contributed by atoms with Crippen LogP contribution in [-0.4, -0.2) is 47.1 Å². The van der Waals surface area contributed by atoms with Crippen molar-refractivity contribution < 1.29 is 19.1 Å². The largest absolute Gasteiger partial charge is 0.494 e. The molecule has 1 aliphatic heterocycles. The van der Waals surface area contributed by atoms with Crippen molar-refractivity contribution in [3.63, 3.8) is 0 Å². The molecule has 1 unspecified atom stereocenters. The highest BCUT2D eigenvalue weighted by atomic mass is 16.5. The maximum Gasteiger partial charge on any atom is 0.306 e. The van der Waals surface area contributed by atoms with Gasteiger partial charge in [0.05, 0.1) is 20.1 Å². The standard InChI is InChI=1S/C30H33N5O4/c1-5-39-29(37)17-26(21-15-27-30(28(16-21)38-4)34(3)33-32-27)25-8-6-7-20-18-35(14-13-24(20)25)23-11-9-22(10-12-23)31-19(2)36/h6-12,15-16,26H,5,13-14,17-18H2,1-4H3,(H,31,36). The Labute approximate surface area is 227 Å². The molecule has 0 bridgehead atoms. The van der Waals surface area contributed by atoms with Crippen LogP contribution in [0.5, 0.6) is 5.75 Å². The number of ether oxygens (including phenoxy) is 2. The van der Waals surface area contributed by atoms with Crippen LogP contribution in [0.1, 0.15) is 48.4 Å². The quantitative estimate of drug-likeness (QED) is 0.335. The number of fused-ring (bicyclic) bond motifs is 2. The van der Waals surface area contributed by atoms with Gasteiger partial charge < -0.3 is 19.7 Å². The second kappa shape index (κ2) is 11.1. The summed E-state index contributed by atoms with van der Waals surface area (Å²) in [5.74, 6) is 0.121. The fourth-order valence-corrected chi connectivity index (χ4v) is 5.47. The molecule has 3 aromatic carbocycles. The summed E-state index contributed by atoms with van der Waals surface area (Å²) < 4.78 is 12.8. The number of hydrogen-bond acceptors (Lipinski definition) is 7. The number of aryl methyl sites for hydroxylation is 1. The minimum atomic E-state index is -0.241. The van der Waals surface area contributed by atoms with Crippen molar-refractivity contribution in [1.82, 2.24) is 15.0 Å². The molecular formula is C30H33N5O4. The van der Waals surface area contributed by atoms with E-state index in [1.54, 1.807) is 11.8 Å². The van der Waals surface area contributed by atoms with Gasteiger partial charge in [0, 0.05) is 44.4 Å². The van der Waals surface area contributed by atoms with E-state index >= 15 is 0 Å². The molecule has 1 N–H and O–H groups in total. The number of nitrogens with zero attached hydrogens (tertiary/aromatic N) is 4. The summed E-state index contributed by atoms with van der Waals surface area (Å²) in [7, 11) is 3.47. The molecule has 9 heteroatoms. The molecule has 0 spiro atoms. The maximum absolute atomic E-state index is 12.8. The van der Waals surface area contributed by atoms with Crippen LogP contribution in [0.25, 0.3) is 11.0 Å². The van der Waals surface area contributed by atoms with Crippen molar-refractivity contribution in [1.29, 1.82) is 0 Å². The number of nitrogens with one attached hydrogen (secondary N) is 1. The van der Waals surface area contributed by atoms with Crippen molar-refractivity contribution in [3.8, 4) is 5.75 Å². The zero-order valence-corrected chi connectivity index (χ0v) is 22.7. The van der Waals surface area contributed by atoms with Gasteiger partial charge in [-0.05, 0) is 72.0 Å². The molecule has 1 aliphatic rings. The summed E-state index contributed by atoms with van der Waals surface area (Å²) in [6, 6.07) is 18.2. The van der Waals surface area contributed by atoms with Crippen molar-refractivity contribution in [2.45, 2.75) is 39.2 Å². The van der Waals surface area contributed by atoms with Crippen molar-refractivity contribution >= 4 is 34.3 Å². The molecule has 39 heavy (non-hydrogen) atoms. The highest BCUT2D eigenvalue weighted by molar-refractivity contribution is 5.88. The van der Waals surface area contributed by atoms with Crippen molar-refractivity contribution in [2.75, 3.05) is 30.5 Å². The first-order chi connectivity index (χ1) is 18.9. The number of carbonyl (C=O) groups excluding carboxylic acids is 2. The molecule has 0 radical (unpaired) electrons. The van der Waals surface area contributed by atoms with E-state index in [0.29, 0.717) is 12.4 Å². The lowest BCUT2D eigenvalue weighted by Crippen LogP contribution is -2.31. The third-order valence-corrected chi connectivity index (χ3v) is 7.22. The summed E-state index contributed by atoms with van der Waals surface area (Å²) in [5, 5.41) is 11.3. The SMILES string of the molecule is CCOC(=O)CC(c1cc(OC)c2c(c1)nnn2C)c1cccc2c1CCN(c1ccc(NC(C)=O)cc1)C2. The molecule has 0 saturated carbocycles. The molecule has 1 atom stereocenters. The molecule has 0 saturated heterocycles. The molecule has 4 aromatic rings. The van der Waals surface area contributed by atoms with E-state index in [1.165, 1.54) is 18.1 Å². The predicted molar refractivity (Wildman–Crippen MR) is 150 cm³/mol. The lowest BCUT2D eigenvalue weighted by molar-refractivity contribution is -0.143. The van der Waals surface area contributed by atoms with Gasteiger partial charge in [-0.15, -0.1) is 5.10 Å². The number of carbonyl (C=O) groups is 2. The van der Waals surface area contributed by atoms with Gasteiger partial charge in [-0.2, -0.15) is 0 Å². The van der Waals surface area contributed by atoms with E-state index in [0.717, 1.165) is 53.0 Å². The Balaban J connectivity index is 1.50. The molecule has 9 nitrogen and oxygen atoms in total. The Morgan fingerprint density at radius 3 is 2.64 bits per heavy atom. The first-order valence-corrected chi connectivity index (χ1v) is 13.1. The van der Waals surface area contributed by atoms with Crippen LogP contribution in [0, 0.1) is 0 Å². The zero-order chi connectivity index (χ0) is 27.5. The smallest absolute Gasteiger partial charge is 0.306 e. The third kappa shape index (κ3) is 5.43. The average molecular weight is 528 g/mol. The molecular weight excluding hydrogens is 494 g/mol. The second-order valence-corrected chi connectivity index (χ2v) is 9.75. The lowest BCUT2D eigenvalue weighted by Gasteiger charge is -2.33. The Morgan fingerprint density at radius 2 is 1.92 bits per heavy atom. The van der Waals surface area contributed by atoms with E-state index in [4.69, 9.17) is 9.47 Å². The summed E-state index contributed by atoms with van der Waals surface area (Å²) >= 11 is 0. The van der Waals surface area contributed by atoms with Gasteiger partial charge in [-0.3, -0.25) is 9.59 Å². The van der Waals surface area contributed by atoms with Crippen LogP contribution in [-0.2, 0) is 34.3 Å². The van der Waals surface area contributed by atoms with Gasteiger partial charge >= 0.3 is 5.97 Å². The van der Waals surface area contributed by atoms with Gasteiger partial charge in [0.25, 0.3) is 0 Å². The molecule has 1 amide bonds. The average Bonchev–Trinajstić information content (AvgIpc) is 3.31. The molecule has 2 heterocycles. The van der Waals surface area contributed by atoms with Gasteiger partial charge in [-0.25, -0.2) is 4.68 Å². The summed E-state index contributed by atoms with van der Waals surface area (Å²) in [6.07, 6.45) is 1.05. The predicted octanol–water partition coefficient (Wildman–Crippen LogP) is 4.58. The Bertz CT molecular complexity index is 1510.